The van der Waals surface area contributed by atoms with Crippen LogP contribution in [0.4, 0.5) is 0 Å². The summed E-state index contributed by atoms with van der Waals surface area (Å²) in [5, 5.41) is 0.519. The maximum absolute atomic E-state index is 12.8. The molecule has 26 heavy (non-hydrogen) atoms. The Morgan fingerprint density at radius 3 is 2.65 bits per heavy atom. The van der Waals surface area contributed by atoms with Crippen molar-refractivity contribution in [2.75, 3.05) is 46.9 Å². The van der Waals surface area contributed by atoms with Gasteiger partial charge in [0, 0.05) is 32.7 Å². The normalized spacial score (nSPS) is 16.1. The highest BCUT2D eigenvalue weighted by atomic mass is 32.1. The number of nitrogens with zero attached hydrogens (tertiary/aromatic N) is 3. The molecule has 0 atom stereocenters. The summed E-state index contributed by atoms with van der Waals surface area (Å²) in [6.07, 6.45) is 0.868. The van der Waals surface area contributed by atoms with Gasteiger partial charge in [-0.2, -0.15) is 0 Å². The fourth-order valence-corrected chi connectivity index (χ4v) is 3.51. The molecule has 3 rings (SSSR count). The van der Waals surface area contributed by atoms with E-state index in [-0.39, 0.29) is 5.56 Å². The third-order valence-corrected chi connectivity index (χ3v) is 5.18. The number of ether oxygens (including phenoxy) is 1. The van der Waals surface area contributed by atoms with E-state index >= 15 is 0 Å². The van der Waals surface area contributed by atoms with E-state index in [9.17, 15) is 9.59 Å². The number of fused-ring (bicyclic) bond motifs is 1. The van der Waals surface area contributed by atoms with Gasteiger partial charge in [-0.25, -0.2) is 4.79 Å². The Morgan fingerprint density at radius 2 is 1.96 bits per heavy atom. The topological polar surface area (TPSA) is 70.6 Å². The number of aromatic nitrogens is 2. The molecule has 0 spiro atoms. The number of esters is 1. The Bertz CT molecular complexity index is 913. The number of carbonyl (C=O) groups excluding carboxylic acids is 1. The summed E-state index contributed by atoms with van der Waals surface area (Å²) >= 11 is 5.36. The predicted molar refractivity (Wildman–Crippen MR) is 103 cm³/mol. The predicted octanol–water partition coefficient (Wildman–Crippen LogP) is 1.48. The molecule has 0 saturated carbocycles. The van der Waals surface area contributed by atoms with Crippen LogP contribution < -0.4 is 5.56 Å². The van der Waals surface area contributed by atoms with Crippen molar-refractivity contribution in [2.24, 2.45) is 0 Å². The van der Waals surface area contributed by atoms with Crippen molar-refractivity contribution in [1.29, 1.82) is 0 Å². The second-order valence-corrected chi connectivity index (χ2v) is 7.02. The lowest BCUT2D eigenvalue weighted by atomic mass is 10.1. The number of nitrogens with one attached hydrogen (secondary N) is 1. The smallest absolute Gasteiger partial charge is 0.337 e. The molecule has 2 heterocycles. The number of H-pyrrole nitrogens is 1. The first kappa shape index (κ1) is 18.8. The van der Waals surface area contributed by atoms with E-state index in [1.54, 1.807) is 22.8 Å². The molecule has 1 aromatic carbocycles. The molecule has 0 aliphatic carbocycles. The number of benzene rings is 1. The van der Waals surface area contributed by atoms with Gasteiger partial charge in [-0.15, -0.1) is 0 Å². The Kier molecular flexibility index (Phi) is 5.85. The van der Waals surface area contributed by atoms with Gasteiger partial charge in [0.1, 0.15) is 0 Å². The van der Waals surface area contributed by atoms with Gasteiger partial charge in [-0.05, 0) is 50.4 Å². The van der Waals surface area contributed by atoms with Gasteiger partial charge in [0.2, 0.25) is 0 Å². The number of hydrogen-bond donors (Lipinski definition) is 1. The number of aromatic amines is 1. The average molecular weight is 376 g/mol. The van der Waals surface area contributed by atoms with Crippen molar-refractivity contribution >= 4 is 29.1 Å². The van der Waals surface area contributed by atoms with E-state index in [0.29, 0.717) is 27.8 Å². The minimum absolute atomic E-state index is 0.126. The first-order valence-corrected chi connectivity index (χ1v) is 9.16. The van der Waals surface area contributed by atoms with Crippen molar-refractivity contribution in [3.8, 4) is 0 Å². The number of methoxy groups -OCH3 is 1. The molecule has 0 radical (unpaired) electrons. The molecule has 1 aliphatic rings. The Hall–Kier alpha value is -2.03. The van der Waals surface area contributed by atoms with Gasteiger partial charge in [0.05, 0.1) is 23.6 Å². The van der Waals surface area contributed by atoms with E-state index in [0.717, 1.165) is 39.1 Å². The van der Waals surface area contributed by atoms with Gasteiger partial charge in [-0.3, -0.25) is 9.36 Å². The number of carbonyl (C=O) groups is 1. The second kappa shape index (κ2) is 8.11. The third-order valence-electron chi connectivity index (χ3n) is 4.85. The molecule has 2 aromatic rings. The fourth-order valence-electron chi connectivity index (χ4n) is 3.23. The lowest BCUT2D eigenvalue weighted by Crippen LogP contribution is -2.44. The second-order valence-electron chi connectivity index (χ2n) is 6.64. The van der Waals surface area contributed by atoms with Gasteiger partial charge >= 0.3 is 5.97 Å². The molecular formula is C18H24N4O3S. The molecular weight excluding hydrogens is 352 g/mol. The average Bonchev–Trinajstić information content (AvgIpc) is 2.64. The lowest BCUT2D eigenvalue weighted by molar-refractivity contribution is 0.0601. The summed E-state index contributed by atoms with van der Waals surface area (Å²) in [6, 6.07) is 4.85. The van der Waals surface area contributed by atoms with E-state index in [1.165, 1.54) is 7.11 Å². The molecule has 0 amide bonds. The van der Waals surface area contributed by atoms with Crippen LogP contribution in [0.3, 0.4) is 0 Å². The van der Waals surface area contributed by atoms with E-state index in [4.69, 9.17) is 17.0 Å². The molecule has 1 aliphatic heterocycles. The van der Waals surface area contributed by atoms with Gasteiger partial charge in [0.15, 0.2) is 4.77 Å². The number of piperazine rings is 1. The molecule has 1 fully saturated rings. The minimum atomic E-state index is -0.442. The highest BCUT2D eigenvalue weighted by Gasteiger charge is 2.14. The maximum atomic E-state index is 12.8. The Balaban J connectivity index is 1.75. The van der Waals surface area contributed by atoms with E-state index in [1.807, 2.05) is 0 Å². The summed E-state index contributed by atoms with van der Waals surface area (Å²) < 4.78 is 6.70. The SMILES string of the molecule is COC(=O)c1ccc2c(=O)n(CCCN3CCN(C)CC3)c(=S)[nH]c2c1. The first-order valence-electron chi connectivity index (χ1n) is 8.75. The zero-order valence-corrected chi connectivity index (χ0v) is 16.0. The third kappa shape index (κ3) is 4.03. The molecule has 0 bridgehead atoms. The van der Waals surface area contributed by atoms with E-state index < -0.39 is 5.97 Å². The highest BCUT2D eigenvalue weighted by Crippen LogP contribution is 2.12. The van der Waals surface area contributed by atoms with Crippen LogP contribution in [0.2, 0.25) is 0 Å². The van der Waals surface area contributed by atoms with Crippen molar-refractivity contribution in [3.63, 3.8) is 0 Å². The van der Waals surface area contributed by atoms with Crippen molar-refractivity contribution in [3.05, 3.63) is 38.9 Å². The Labute approximate surface area is 157 Å². The van der Waals surface area contributed by atoms with E-state index in [2.05, 4.69) is 21.8 Å². The summed E-state index contributed by atoms with van der Waals surface area (Å²) in [5.41, 5.74) is 0.814. The van der Waals surface area contributed by atoms with Crippen LogP contribution in [0.15, 0.2) is 23.0 Å². The molecule has 0 unspecified atom stereocenters. The van der Waals surface area contributed by atoms with Crippen molar-refractivity contribution < 1.29 is 9.53 Å². The van der Waals surface area contributed by atoms with Crippen molar-refractivity contribution in [2.45, 2.75) is 13.0 Å². The van der Waals surface area contributed by atoms with Crippen molar-refractivity contribution in [1.82, 2.24) is 19.4 Å². The van der Waals surface area contributed by atoms with Crippen LogP contribution in [0.1, 0.15) is 16.8 Å². The molecule has 1 saturated heterocycles. The van der Waals surface area contributed by atoms with Crippen LogP contribution in [0, 0.1) is 4.77 Å². The minimum Gasteiger partial charge on any atom is -0.465 e. The first-order chi connectivity index (χ1) is 12.5. The number of likely N-dealkylation sites (N-methyl/N-ethyl adjacent to an activating group) is 1. The number of hydrogen-bond acceptors (Lipinski definition) is 6. The summed E-state index contributed by atoms with van der Waals surface area (Å²) in [5.74, 6) is -0.442. The molecule has 8 heteroatoms. The fraction of sp³-hybridized carbons (Fsp3) is 0.500. The van der Waals surface area contributed by atoms with Gasteiger partial charge in [-0.1, -0.05) is 0 Å². The molecule has 1 N–H and O–H groups in total. The molecule has 1 aromatic heterocycles. The molecule has 140 valence electrons. The maximum Gasteiger partial charge on any atom is 0.337 e. The zero-order valence-electron chi connectivity index (χ0n) is 15.2. The van der Waals surface area contributed by atoms with Gasteiger partial charge in [0.25, 0.3) is 5.56 Å². The van der Waals surface area contributed by atoms with Crippen LogP contribution in [-0.4, -0.2) is 72.2 Å². The summed E-state index contributed by atoms with van der Waals surface area (Å²) in [4.78, 5) is 32.2. The van der Waals surface area contributed by atoms with Crippen LogP contribution in [0.5, 0.6) is 0 Å². The monoisotopic (exact) mass is 376 g/mol. The quantitative estimate of drug-likeness (QED) is 0.630. The largest absolute Gasteiger partial charge is 0.465 e. The zero-order chi connectivity index (χ0) is 18.7. The summed E-state index contributed by atoms with van der Waals surface area (Å²) in [6.45, 7) is 5.82. The number of rotatable bonds is 5. The van der Waals surface area contributed by atoms with Crippen LogP contribution in [0.25, 0.3) is 10.9 Å². The Morgan fingerprint density at radius 1 is 1.23 bits per heavy atom. The standard InChI is InChI=1S/C18H24N4O3S/c1-20-8-10-21(11-9-20)6-3-7-22-16(23)14-5-4-13(17(24)25-2)12-15(14)19-18(22)26/h4-5,12H,3,6-11H2,1-2H3,(H,19,26). The van der Waals surface area contributed by atoms with Gasteiger partial charge < -0.3 is 19.5 Å². The lowest BCUT2D eigenvalue weighted by Gasteiger charge is -2.32. The van der Waals surface area contributed by atoms with Crippen LogP contribution >= 0.6 is 12.2 Å². The summed E-state index contributed by atoms with van der Waals surface area (Å²) in [7, 11) is 3.46. The van der Waals surface area contributed by atoms with Crippen LogP contribution in [-0.2, 0) is 11.3 Å². The molecule has 7 nitrogen and oxygen atoms in total. The highest BCUT2D eigenvalue weighted by molar-refractivity contribution is 7.71.